The number of esters is 1. The summed E-state index contributed by atoms with van der Waals surface area (Å²) in [6.07, 6.45) is 4.05. The van der Waals surface area contributed by atoms with Crippen molar-refractivity contribution in [1.82, 2.24) is 0 Å². The lowest BCUT2D eigenvalue weighted by molar-refractivity contribution is -0.142. The number of hydrogen-bond donors (Lipinski definition) is 0. The first-order valence-corrected chi connectivity index (χ1v) is 3.52. The molecule has 1 rings (SSSR count). The lowest BCUT2D eigenvalue weighted by Gasteiger charge is -1.96. The summed E-state index contributed by atoms with van der Waals surface area (Å²) in [6, 6.07) is 0. The second-order valence-electron chi connectivity index (χ2n) is 2.67. The van der Waals surface area contributed by atoms with Gasteiger partial charge in [0.15, 0.2) is 0 Å². The zero-order valence-electron chi connectivity index (χ0n) is 6.17. The number of ether oxygens (including phenoxy) is 1. The molecule has 2 atom stereocenters. The normalized spacial score (nSPS) is 29.3. The van der Waals surface area contributed by atoms with Crippen molar-refractivity contribution in [2.24, 2.45) is 5.92 Å². The van der Waals surface area contributed by atoms with Gasteiger partial charge in [-0.25, -0.2) is 0 Å². The van der Waals surface area contributed by atoms with Gasteiger partial charge in [-0.15, -0.1) is 6.58 Å². The number of allylic oxidation sites excluding steroid dienone is 1. The van der Waals surface area contributed by atoms with Gasteiger partial charge in [0.2, 0.25) is 0 Å². The van der Waals surface area contributed by atoms with Crippen LogP contribution in [0.3, 0.4) is 0 Å². The van der Waals surface area contributed by atoms with E-state index in [4.69, 9.17) is 4.74 Å². The molecule has 1 aliphatic carbocycles. The molecule has 0 N–H and O–H groups in total. The van der Waals surface area contributed by atoms with Crippen molar-refractivity contribution < 1.29 is 9.53 Å². The third-order valence-corrected chi connectivity index (χ3v) is 1.64. The van der Waals surface area contributed by atoms with Gasteiger partial charge in [-0.3, -0.25) is 4.79 Å². The Bertz CT molecular complexity index is 151. The first-order chi connectivity index (χ1) is 4.74. The summed E-state index contributed by atoms with van der Waals surface area (Å²) >= 11 is 0. The van der Waals surface area contributed by atoms with E-state index in [-0.39, 0.29) is 12.1 Å². The molecule has 0 saturated heterocycles. The molecule has 0 spiro atoms. The lowest BCUT2D eigenvalue weighted by Crippen LogP contribution is -2.02. The number of hydrogen-bond acceptors (Lipinski definition) is 2. The van der Waals surface area contributed by atoms with Crippen LogP contribution in [0.15, 0.2) is 12.7 Å². The van der Waals surface area contributed by atoms with Crippen molar-refractivity contribution in [3.63, 3.8) is 0 Å². The van der Waals surface area contributed by atoms with Crippen molar-refractivity contribution in [2.45, 2.75) is 25.9 Å². The summed E-state index contributed by atoms with van der Waals surface area (Å²) in [5.41, 5.74) is 0. The summed E-state index contributed by atoms with van der Waals surface area (Å²) in [6.45, 7) is 5.06. The van der Waals surface area contributed by atoms with E-state index in [2.05, 4.69) is 6.58 Å². The van der Waals surface area contributed by atoms with E-state index in [9.17, 15) is 4.79 Å². The summed E-state index contributed by atoms with van der Waals surface area (Å²) in [7, 11) is 0. The molecule has 0 amide bonds. The maximum absolute atomic E-state index is 10.4. The number of carbonyl (C=O) groups excluding carboxylic acids is 1. The summed E-state index contributed by atoms with van der Waals surface area (Å²) in [5, 5.41) is 0. The molecular weight excluding hydrogens is 128 g/mol. The topological polar surface area (TPSA) is 26.3 Å². The third kappa shape index (κ3) is 1.87. The van der Waals surface area contributed by atoms with E-state index in [1.165, 1.54) is 6.92 Å². The standard InChI is InChI=1S/C8H12O2/c1-3-4-7-5-8(7)10-6(2)9/h3,7-8H,1,4-5H2,2H3/t7-,8-/m1/s1. The van der Waals surface area contributed by atoms with Gasteiger partial charge in [0, 0.05) is 12.8 Å². The van der Waals surface area contributed by atoms with Crippen LogP contribution in [0.4, 0.5) is 0 Å². The molecule has 1 saturated carbocycles. The van der Waals surface area contributed by atoms with Crippen LogP contribution in [0.25, 0.3) is 0 Å². The van der Waals surface area contributed by atoms with Gasteiger partial charge in [0.1, 0.15) is 6.10 Å². The molecule has 0 unspecified atom stereocenters. The molecule has 0 aromatic rings. The fraction of sp³-hybridized carbons (Fsp3) is 0.625. The van der Waals surface area contributed by atoms with Crippen molar-refractivity contribution in [3.8, 4) is 0 Å². The van der Waals surface area contributed by atoms with E-state index in [0.717, 1.165) is 12.8 Å². The second-order valence-corrected chi connectivity index (χ2v) is 2.67. The van der Waals surface area contributed by atoms with E-state index >= 15 is 0 Å². The van der Waals surface area contributed by atoms with E-state index in [1.807, 2.05) is 6.08 Å². The average molecular weight is 140 g/mol. The van der Waals surface area contributed by atoms with Gasteiger partial charge in [-0.2, -0.15) is 0 Å². The smallest absolute Gasteiger partial charge is 0.302 e. The highest BCUT2D eigenvalue weighted by Gasteiger charge is 2.38. The highest BCUT2D eigenvalue weighted by atomic mass is 16.5. The van der Waals surface area contributed by atoms with Crippen LogP contribution in [-0.4, -0.2) is 12.1 Å². The molecule has 2 nitrogen and oxygen atoms in total. The van der Waals surface area contributed by atoms with Crippen molar-refractivity contribution >= 4 is 5.97 Å². The van der Waals surface area contributed by atoms with E-state index in [1.54, 1.807) is 0 Å². The maximum Gasteiger partial charge on any atom is 0.302 e. The molecule has 0 aliphatic heterocycles. The zero-order valence-corrected chi connectivity index (χ0v) is 6.17. The van der Waals surface area contributed by atoms with Gasteiger partial charge in [0.05, 0.1) is 0 Å². The van der Waals surface area contributed by atoms with Crippen molar-refractivity contribution in [3.05, 3.63) is 12.7 Å². The fourth-order valence-corrected chi connectivity index (χ4v) is 1.04. The molecule has 1 aliphatic rings. The summed E-state index contributed by atoms with van der Waals surface area (Å²) in [5.74, 6) is 0.387. The van der Waals surface area contributed by atoms with Crippen LogP contribution < -0.4 is 0 Å². The fourth-order valence-electron chi connectivity index (χ4n) is 1.04. The van der Waals surface area contributed by atoms with Crippen LogP contribution in [0.1, 0.15) is 19.8 Å². The van der Waals surface area contributed by atoms with E-state index in [0.29, 0.717) is 5.92 Å². The number of carbonyl (C=O) groups is 1. The Labute approximate surface area is 60.9 Å². The Kier molecular flexibility index (Phi) is 2.10. The highest BCUT2D eigenvalue weighted by molar-refractivity contribution is 5.66. The third-order valence-electron chi connectivity index (χ3n) is 1.64. The van der Waals surface area contributed by atoms with Gasteiger partial charge in [0.25, 0.3) is 0 Å². The first-order valence-electron chi connectivity index (χ1n) is 3.52. The van der Waals surface area contributed by atoms with E-state index < -0.39 is 0 Å². The molecule has 2 heteroatoms. The Morgan fingerprint density at radius 1 is 1.90 bits per heavy atom. The van der Waals surface area contributed by atoms with Gasteiger partial charge in [-0.05, 0) is 12.8 Å². The largest absolute Gasteiger partial charge is 0.462 e. The highest BCUT2D eigenvalue weighted by Crippen LogP contribution is 2.36. The van der Waals surface area contributed by atoms with Gasteiger partial charge >= 0.3 is 5.97 Å². The zero-order chi connectivity index (χ0) is 7.56. The molecule has 56 valence electrons. The van der Waals surface area contributed by atoms with Crippen LogP contribution >= 0.6 is 0 Å². The van der Waals surface area contributed by atoms with Gasteiger partial charge < -0.3 is 4.74 Å². The molecule has 0 aromatic carbocycles. The monoisotopic (exact) mass is 140 g/mol. The van der Waals surface area contributed by atoms with Crippen molar-refractivity contribution in [1.29, 1.82) is 0 Å². The molecule has 0 aromatic heterocycles. The summed E-state index contributed by atoms with van der Waals surface area (Å²) < 4.78 is 4.94. The van der Waals surface area contributed by atoms with Crippen LogP contribution in [-0.2, 0) is 9.53 Å². The van der Waals surface area contributed by atoms with Crippen LogP contribution in [0.2, 0.25) is 0 Å². The Hall–Kier alpha value is -0.790. The lowest BCUT2D eigenvalue weighted by atomic mass is 10.3. The van der Waals surface area contributed by atoms with Gasteiger partial charge in [-0.1, -0.05) is 6.08 Å². The predicted octanol–water partition coefficient (Wildman–Crippen LogP) is 1.51. The predicted molar refractivity (Wildman–Crippen MR) is 38.5 cm³/mol. The Morgan fingerprint density at radius 2 is 2.60 bits per heavy atom. The first kappa shape index (κ1) is 7.32. The average Bonchev–Trinajstić information content (AvgIpc) is 2.47. The molecule has 1 fully saturated rings. The molecule has 0 heterocycles. The minimum Gasteiger partial charge on any atom is -0.462 e. The molecule has 10 heavy (non-hydrogen) atoms. The number of rotatable bonds is 3. The van der Waals surface area contributed by atoms with Crippen molar-refractivity contribution in [2.75, 3.05) is 0 Å². The summed E-state index contributed by atoms with van der Waals surface area (Å²) in [4.78, 5) is 10.4. The molecule has 0 radical (unpaired) electrons. The SMILES string of the molecule is C=CC[C@@H]1C[C@H]1OC(C)=O. The van der Waals surface area contributed by atoms with Crippen LogP contribution in [0, 0.1) is 5.92 Å². The minimum absolute atomic E-state index is 0.170. The Morgan fingerprint density at radius 3 is 3.10 bits per heavy atom. The van der Waals surface area contributed by atoms with Crippen LogP contribution in [0.5, 0.6) is 0 Å². The maximum atomic E-state index is 10.4. The Balaban J connectivity index is 2.13. The molecular formula is C8H12O2. The molecule has 0 bridgehead atoms. The second kappa shape index (κ2) is 2.86. The quantitative estimate of drug-likeness (QED) is 0.439. The minimum atomic E-state index is -0.170.